The molecule has 8 heteroatoms. The molecular weight excluding hydrogens is 424 g/mol. The number of ketones is 1. The lowest BCUT2D eigenvalue weighted by atomic mass is 9.87. The van der Waals surface area contributed by atoms with Crippen molar-refractivity contribution in [3.63, 3.8) is 0 Å². The standard InChI is InChI=1S/C22H21ClN2O4S/c1-29-16-7-5-14(6-8-16)22(26)18-12-15(24-30(2,27)28)13-19(23)21(18)17-9-11-25-10-3-4-20(17)25/h3-8,10,12-13,17,24H,9,11H2,1-2H3. The Morgan fingerprint density at radius 1 is 1.20 bits per heavy atom. The number of rotatable bonds is 6. The predicted molar refractivity (Wildman–Crippen MR) is 117 cm³/mol. The van der Waals surface area contributed by atoms with Crippen LogP contribution >= 0.6 is 11.6 Å². The summed E-state index contributed by atoms with van der Waals surface area (Å²) in [5.74, 6) is 0.375. The molecule has 2 heterocycles. The Morgan fingerprint density at radius 2 is 1.93 bits per heavy atom. The molecule has 4 rings (SSSR count). The van der Waals surface area contributed by atoms with Crippen molar-refractivity contribution in [2.24, 2.45) is 0 Å². The van der Waals surface area contributed by atoms with Crippen molar-refractivity contribution in [2.75, 3.05) is 18.1 Å². The van der Waals surface area contributed by atoms with Crippen molar-refractivity contribution in [3.8, 4) is 5.75 Å². The number of halogens is 1. The summed E-state index contributed by atoms with van der Waals surface area (Å²) < 4.78 is 33.2. The van der Waals surface area contributed by atoms with Crippen molar-refractivity contribution in [3.05, 3.63) is 82.1 Å². The summed E-state index contributed by atoms with van der Waals surface area (Å²) in [4.78, 5) is 13.5. The SMILES string of the molecule is COc1ccc(C(=O)c2cc(NS(C)(=O)=O)cc(Cl)c2C2CCn3cccc32)cc1. The van der Waals surface area contributed by atoms with Crippen molar-refractivity contribution >= 4 is 33.1 Å². The van der Waals surface area contributed by atoms with Gasteiger partial charge in [-0.3, -0.25) is 9.52 Å². The maximum absolute atomic E-state index is 13.5. The zero-order valence-electron chi connectivity index (χ0n) is 16.6. The van der Waals surface area contributed by atoms with E-state index in [1.54, 1.807) is 43.5 Å². The van der Waals surface area contributed by atoms with Crippen molar-refractivity contribution in [1.82, 2.24) is 4.57 Å². The number of aromatic nitrogens is 1. The zero-order valence-corrected chi connectivity index (χ0v) is 18.1. The molecule has 1 unspecified atom stereocenters. The fourth-order valence-electron chi connectivity index (χ4n) is 3.99. The summed E-state index contributed by atoms with van der Waals surface area (Å²) in [6.07, 6.45) is 3.88. The summed E-state index contributed by atoms with van der Waals surface area (Å²) in [5, 5.41) is 0.361. The number of sulfonamides is 1. The number of hydrogen-bond acceptors (Lipinski definition) is 4. The second-order valence-corrected chi connectivity index (χ2v) is 9.47. The van der Waals surface area contributed by atoms with Crippen LogP contribution in [0.4, 0.5) is 5.69 Å². The van der Waals surface area contributed by atoms with Crippen molar-refractivity contribution < 1.29 is 17.9 Å². The third-order valence-electron chi connectivity index (χ3n) is 5.26. The highest BCUT2D eigenvalue weighted by Crippen LogP contribution is 2.41. The number of fused-ring (bicyclic) bond motifs is 1. The molecule has 0 saturated heterocycles. The van der Waals surface area contributed by atoms with E-state index in [1.165, 1.54) is 0 Å². The normalized spacial score (nSPS) is 15.6. The van der Waals surface area contributed by atoms with Crippen LogP contribution in [0.15, 0.2) is 54.7 Å². The van der Waals surface area contributed by atoms with Gasteiger partial charge in [-0.05, 0) is 60.5 Å². The van der Waals surface area contributed by atoms with Crippen molar-refractivity contribution in [2.45, 2.75) is 18.9 Å². The maximum atomic E-state index is 13.5. The first kappa shape index (κ1) is 20.5. The highest BCUT2D eigenvalue weighted by molar-refractivity contribution is 7.92. The molecule has 0 bridgehead atoms. The van der Waals surface area contributed by atoms with Crippen LogP contribution in [0.2, 0.25) is 5.02 Å². The number of carbonyl (C=O) groups is 1. The van der Waals surface area contributed by atoms with Crippen LogP contribution in [0.25, 0.3) is 0 Å². The fraction of sp³-hybridized carbons (Fsp3) is 0.227. The van der Waals surface area contributed by atoms with Gasteiger partial charge in [0.2, 0.25) is 10.0 Å². The first-order valence-corrected chi connectivity index (χ1v) is 11.7. The topological polar surface area (TPSA) is 77.4 Å². The Kier molecular flexibility index (Phi) is 5.34. The lowest BCUT2D eigenvalue weighted by molar-refractivity contribution is 0.103. The van der Waals surface area contributed by atoms with E-state index >= 15 is 0 Å². The van der Waals surface area contributed by atoms with Gasteiger partial charge in [-0.1, -0.05) is 11.6 Å². The highest BCUT2D eigenvalue weighted by Gasteiger charge is 2.30. The van der Waals surface area contributed by atoms with Crippen LogP contribution in [0.5, 0.6) is 5.75 Å². The fourth-order valence-corrected chi connectivity index (χ4v) is 4.88. The number of anilines is 1. The molecule has 3 aromatic rings. The minimum Gasteiger partial charge on any atom is -0.497 e. The molecule has 1 aromatic heterocycles. The number of nitrogens with zero attached hydrogens (tertiary/aromatic N) is 1. The Balaban J connectivity index is 1.85. The third-order valence-corrected chi connectivity index (χ3v) is 6.18. The average Bonchev–Trinajstić information content (AvgIpc) is 3.30. The second-order valence-electron chi connectivity index (χ2n) is 7.32. The van der Waals surface area contributed by atoms with Crippen molar-refractivity contribution in [1.29, 1.82) is 0 Å². The van der Waals surface area contributed by atoms with Crippen LogP contribution in [0, 0.1) is 0 Å². The van der Waals surface area contributed by atoms with Gasteiger partial charge in [0.1, 0.15) is 5.75 Å². The molecule has 2 aromatic carbocycles. The minimum atomic E-state index is -3.52. The summed E-state index contributed by atoms with van der Waals surface area (Å²) in [5.41, 5.74) is 2.92. The van der Waals surface area contributed by atoms with Gasteiger partial charge in [0.25, 0.3) is 0 Å². The predicted octanol–water partition coefficient (Wildman–Crippen LogP) is 4.29. The molecule has 1 N–H and O–H groups in total. The van der Waals surface area contributed by atoms with E-state index in [4.69, 9.17) is 16.3 Å². The van der Waals surface area contributed by atoms with Crippen LogP contribution in [0.1, 0.15) is 39.5 Å². The van der Waals surface area contributed by atoms with E-state index in [0.29, 0.717) is 27.5 Å². The molecule has 156 valence electrons. The molecule has 0 spiro atoms. The molecule has 0 amide bonds. The van der Waals surface area contributed by atoms with Gasteiger partial charge in [0.05, 0.1) is 19.1 Å². The van der Waals surface area contributed by atoms with Gasteiger partial charge in [0, 0.05) is 40.5 Å². The maximum Gasteiger partial charge on any atom is 0.229 e. The lowest BCUT2D eigenvalue weighted by Crippen LogP contribution is -2.14. The smallest absolute Gasteiger partial charge is 0.229 e. The van der Waals surface area contributed by atoms with E-state index < -0.39 is 10.0 Å². The Hall–Kier alpha value is -2.77. The lowest BCUT2D eigenvalue weighted by Gasteiger charge is -2.19. The third kappa shape index (κ3) is 3.95. The summed E-state index contributed by atoms with van der Waals surface area (Å²) in [7, 11) is -1.96. The molecule has 0 fully saturated rings. The molecule has 0 aliphatic carbocycles. The van der Waals surface area contributed by atoms with Gasteiger partial charge >= 0.3 is 0 Å². The number of nitrogens with one attached hydrogen (secondary N) is 1. The number of carbonyl (C=O) groups excluding carboxylic acids is 1. The number of aryl methyl sites for hydroxylation is 1. The number of hydrogen-bond donors (Lipinski definition) is 1. The van der Waals surface area contributed by atoms with E-state index in [0.717, 1.165) is 24.9 Å². The Labute approximate surface area is 180 Å². The average molecular weight is 445 g/mol. The molecule has 1 aliphatic rings. The molecular formula is C22H21ClN2O4S. The molecule has 0 saturated carbocycles. The largest absolute Gasteiger partial charge is 0.497 e. The molecule has 1 atom stereocenters. The van der Waals surface area contributed by atoms with Gasteiger partial charge in [0.15, 0.2) is 5.78 Å². The number of benzene rings is 2. The van der Waals surface area contributed by atoms with E-state index in [-0.39, 0.29) is 17.4 Å². The summed E-state index contributed by atoms with van der Waals surface area (Å²) in [6.45, 7) is 0.836. The molecule has 1 aliphatic heterocycles. The molecule has 0 radical (unpaired) electrons. The quantitative estimate of drug-likeness (QED) is 0.575. The summed E-state index contributed by atoms with van der Waals surface area (Å²) in [6, 6.07) is 13.9. The first-order chi connectivity index (χ1) is 14.3. The van der Waals surface area contributed by atoms with Gasteiger partial charge in [-0.15, -0.1) is 0 Å². The summed E-state index contributed by atoms with van der Waals surface area (Å²) >= 11 is 6.64. The van der Waals surface area contributed by atoms with Gasteiger partial charge in [-0.2, -0.15) is 0 Å². The van der Waals surface area contributed by atoms with Crippen LogP contribution in [-0.4, -0.2) is 32.1 Å². The Morgan fingerprint density at radius 3 is 2.60 bits per heavy atom. The molecule has 30 heavy (non-hydrogen) atoms. The van der Waals surface area contributed by atoms with Crippen LogP contribution in [-0.2, 0) is 16.6 Å². The first-order valence-electron chi connectivity index (χ1n) is 9.42. The second kappa shape index (κ2) is 7.81. The number of ether oxygens (including phenoxy) is 1. The molecule has 6 nitrogen and oxygen atoms in total. The van der Waals surface area contributed by atoms with Crippen LogP contribution in [0.3, 0.4) is 0 Å². The van der Waals surface area contributed by atoms with Gasteiger partial charge in [-0.25, -0.2) is 8.42 Å². The van der Waals surface area contributed by atoms with E-state index in [9.17, 15) is 13.2 Å². The monoisotopic (exact) mass is 444 g/mol. The van der Waals surface area contributed by atoms with E-state index in [1.807, 2.05) is 18.3 Å². The number of methoxy groups -OCH3 is 1. The van der Waals surface area contributed by atoms with Crippen LogP contribution < -0.4 is 9.46 Å². The highest BCUT2D eigenvalue weighted by atomic mass is 35.5. The minimum absolute atomic E-state index is 0.0445. The van der Waals surface area contributed by atoms with E-state index in [2.05, 4.69) is 9.29 Å². The van der Waals surface area contributed by atoms with Gasteiger partial charge < -0.3 is 9.30 Å². The zero-order chi connectivity index (χ0) is 21.5. The Bertz CT molecular complexity index is 1220.